The summed E-state index contributed by atoms with van der Waals surface area (Å²) in [4.78, 5) is 12.0. The highest BCUT2D eigenvalue weighted by atomic mass is 32.2. The van der Waals surface area contributed by atoms with Gasteiger partial charge in [0.1, 0.15) is 0 Å². The summed E-state index contributed by atoms with van der Waals surface area (Å²) in [5, 5.41) is 2.97. The van der Waals surface area contributed by atoms with Gasteiger partial charge in [0.05, 0.1) is 19.1 Å². The lowest BCUT2D eigenvalue weighted by molar-refractivity contribution is -0.121. The Balaban J connectivity index is 1.87. The van der Waals surface area contributed by atoms with Gasteiger partial charge in [0.15, 0.2) is 11.5 Å². The van der Waals surface area contributed by atoms with E-state index in [2.05, 4.69) is 10.0 Å². The van der Waals surface area contributed by atoms with Gasteiger partial charge in [0.2, 0.25) is 15.9 Å². The van der Waals surface area contributed by atoms with E-state index >= 15 is 0 Å². The normalized spacial score (nSPS) is 15.6. The summed E-state index contributed by atoms with van der Waals surface area (Å²) < 4.78 is 37.3. The molecule has 0 spiro atoms. The number of benzene rings is 1. The number of hydrogen-bond acceptors (Lipinski definition) is 5. The summed E-state index contributed by atoms with van der Waals surface area (Å²) in [5.41, 5.74) is 0. The number of rotatable bonds is 8. The molecule has 0 atom stereocenters. The van der Waals surface area contributed by atoms with Crippen molar-refractivity contribution in [2.45, 2.75) is 49.5 Å². The fraction of sp³-hybridized carbons (Fsp3) is 0.588. The molecule has 1 saturated carbocycles. The largest absolute Gasteiger partial charge is 0.493 e. The maximum Gasteiger partial charge on any atom is 0.240 e. The van der Waals surface area contributed by atoms with Gasteiger partial charge in [0.25, 0.3) is 0 Å². The van der Waals surface area contributed by atoms with Crippen molar-refractivity contribution in [3.05, 3.63) is 18.2 Å². The van der Waals surface area contributed by atoms with E-state index in [0.29, 0.717) is 11.5 Å². The smallest absolute Gasteiger partial charge is 0.240 e. The van der Waals surface area contributed by atoms with E-state index in [-0.39, 0.29) is 29.8 Å². The minimum absolute atomic E-state index is 0.0508. The standard InChI is InChI=1S/C17H26N2O5S/c1-23-15-9-8-14(12-16(15)24-2)25(21,22)18-11-10-17(20)19-13-6-4-3-5-7-13/h8-9,12-13,18H,3-7,10-11H2,1-2H3,(H,19,20). The maximum absolute atomic E-state index is 12.3. The summed E-state index contributed by atoms with van der Waals surface area (Å²) in [6.45, 7) is 0.0508. The summed E-state index contributed by atoms with van der Waals surface area (Å²) in [7, 11) is -0.789. The molecule has 2 rings (SSSR count). The lowest BCUT2D eigenvalue weighted by atomic mass is 9.95. The van der Waals surface area contributed by atoms with Crippen molar-refractivity contribution in [2.24, 2.45) is 0 Å². The van der Waals surface area contributed by atoms with E-state index in [1.54, 1.807) is 0 Å². The Bertz CT molecular complexity index is 684. The van der Waals surface area contributed by atoms with E-state index in [9.17, 15) is 13.2 Å². The minimum atomic E-state index is -3.71. The molecule has 0 bridgehead atoms. The van der Waals surface area contributed by atoms with Crippen LogP contribution in [0.25, 0.3) is 0 Å². The number of ether oxygens (including phenoxy) is 2. The van der Waals surface area contributed by atoms with Crippen LogP contribution in [0.1, 0.15) is 38.5 Å². The first-order valence-corrected chi connectivity index (χ1v) is 9.95. The Morgan fingerprint density at radius 2 is 1.80 bits per heavy atom. The molecule has 0 heterocycles. The number of hydrogen-bond donors (Lipinski definition) is 2. The van der Waals surface area contributed by atoms with Crippen molar-refractivity contribution in [2.75, 3.05) is 20.8 Å². The molecule has 0 unspecified atom stereocenters. The third-order valence-corrected chi connectivity index (χ3v) is 5.74. The average molecular weight is 370 g/mol. The van der Waals surface area contributed by atoms with Crippen LogP contribution in [0.2, 0.25) is 0 Å². The molecule has 1 fully saturated rings. The Kier molecular flexibility index (Phi) is 7.07. The number of amides is 1. The number of sulfonamides is 1. The molecule has 1 aliphatic rings. The predicted molar refractivity (Wildman–Crippen MR) is 94.4 cm³/mol. The van der Waals surface area contributed by atoms with Crippen LogP contribution in [0.4, 0.5) is 0 Å². The van der Waals surface area contributed by atoms with E-state index < -0.39 is 10.0 Å². The van der Waals surface area contributed by atoms with E-state index in [4.69, 9.17) is 9.47 Å². The van der Waals surface area contributed by atoms with E-state index in [0.717, 1.165) is 25.7 Å². The van der Waals surface area contributed by atoms with Gasteiger partial charge < -0.3 is 14.8 Å². The molecule has 7 nitrogen and oxygen atoms in total. The molecule has 0 aromatic heterocycles. The Morgan fingerprint density at radius 3 is 2.44 bits per heavy atom. The lowest BCUT2D eigenvalue weighted by Gasteiger charge is -2.22. The van der Waals surface area contributed by atoms with E-state index in [1.807, 2.05) is 0 Å². The van der Waals surface area contributed by atoms with Gasteiger partial charge in [-0.25, -0.2) is 13.1 Å². The molecule has 0 saturated heterocycles. The second-order valence-corrected chi connectivity index (χ2v) is 7.83. The zero-order chi connectivity index (χ0) is 18.3. The van der Waals surface area contributed by atoms with Crippen LogP contribution in [-0.4, -0.2) is 41.1 Å². The average Bonchev–Trinajstić information content (AvgIpc) is 2.61. The van der Waals surface area contributed by atoms with Crippen LogP contribution in [0, 0.1) is 0 Å². The molecule has 1 amide bonds. The van der Waals surface area contributed by atoms with Crippen molar-refractivity contribution in [3.8, 4) is 11.5 Å². The first-order chi connectivity index (χ1) is 12.0. The molecule has 1 aliphatic carbocycles. The monoisotopic (exact) mass is 370 g/mol. The van der Waals surface area contributed by atoms with Gasteiger partial charge >= 0.3 is 0 Å². The van der Waals surface area contributed by atoms with Gasteiger partial charge in [-0.2, -0.15) is 0 Å². The summed E-state index contributed by atoms with van der Waals surface area (Å²) >= 11 is 0. The molecule has 0 aliphatic heterocycles. The van der Waals surface area contributed by atoms with Gasteiger partial charge in [-0.1, -0.05) is 19.3 Å². The number of methoxy groups -OCH3 is 2. The van der Waals surface area contributed by atoms with Crippen molar-refractivity contribution >= 4 is 15.9 Å². The number of nitrogens with one attached hydrogen (secondary N) is 2. The summed E-state index contributed by atoms with van der Waals surface area (Å²) in [6, 6.07) is 4.59. The quantitative estimate of drug-likeness (QED) is 0.728. The fourth-order valence-electron chi connectivity index (χ4n) is 2.91. The zero-order valence-corrected chi connectivity index (χ0v) is 15.5. The summed E-state index contributed by atoms with van der Waals surface area (Å²) in [6.07, 6.45) is 5.61. The van der Waals surface area contributed by atoms with Crippen LogP contribution in [0.3, 0.4) is 0 Å². The van der Waals surface area contributed by atoms with E-state index in [1.165, 1.54) is 38.8 Å². The molecule has 1 aromatic carbocycles. The lowest BCUT2D eigenvalue weighted by Crippen LogP contribution is -2.38. The Morgan fingerprint density at radius 1 is 1.12 bits per heavy atom. The highest BCUT2D eigenvalue weighted by molar-refractivity contribution is 7.89. The van der Waals surface area contributed by atoms with Crippen molar-refractivity contribution in [1.29, 1.82) is 0 Å². The molecule has 2 N–H and O–H groups in total. The Labute approximate surface area is 149 Å². The molecule has 0 radical (unpaired) electrons. The number of carbonyl (C=O) groups excluding carboxylic acids is 1. The zero-order valence-electron chi connectivity index (χ0n) is 14.7. The van der Waals surface area contributed by atoms with Crippen LogP contribution >= 0.6 is 0 Å². The Hall–Kier alpha value is -1.80. The minimum Gasteiger partial charge on any atom is -0.493 e. The second-order valence-electron chi connectivity index (χ2n) is 6.07. The highest BCUT2D eigenvalue weighted by Gasteiger charge is 2.18. The first kappa shape index (κ1) is 19.5. The number of carbonyl (C=O) groups is 1. The fourth-order valence-corrected chi connectivity index (χ4v) is 3.96. The molecular formula is C17H26N2O5S. The maximum atomic E-state index is 12.3. The molecule has 8 heteroatoms. The molecular weight excluding hydrogens is 344 g/mol. The van der Waals surface area contributed by atoms with Gasteiger partial charge in [0, 0.05) is 25.1 Å². The molecule has 25 heavy (non-hydrogen) atoms. The van der Waals surface area contributed by atoms with Crippen LogP contribution < -0.4 is 19.5 Å². The van der Waals surface area contributed by atoms with Crippen LogP contribution in [-0.2, 0) is 14.8 Å². The summed E-state index contributed by atoms with van der Waals surface area (Å²) in [5.74, 6) is 0.663. The highest BCUT2D eigenvalue weighted by Crippen LogP contribution is 2.29. The predicted octanol–water partition coefficient (Wildman–Crippen LogP) is 1.82. The van der Waals surface area contributed by atoms with Crippen molar-refractivity contribution < 1.29 is 22.7 Å². The van der Waals surface area contributed by atoms with Crippen molar-refractivity contribution in [1.82, 2.24) is 10.0 Å². The first-order valence-electron chi connectivity index (χ1n) is 8.47. The van der Waals surface area contributed by atoms with Gasteiger partial charge in [-0.15, -0.1) is 0 Å². The topological polar surface area (TPSA) is 93.7 Å². The van der Waals surface area contributed by atoms with Gasteiger partial charge in [-0.3, -0.25) is 4.79 Å². The third kappa shape index (κ3) is 5.61. The molecule has 140 valence electrons. The van der Waals surface area contributed by atoms with Crippen molar-refractivity contribution in [3.63, 3.8) is 0 Å². The van der Waals surface area contributed by atoms with Gasteiger partial charge in [-0.05, 0) is 25.0 Å². The second kappa shape index (κ2) is 9.05. The molecule has 1 aromatic rings. The van der Waals surface area contributed by atoms with Crippen LogP contribution in [0.5, 0.6) is 11.5 Å². The van der Waals surface area contributed by atoms with Crippen LogP contribution in [0.15, 0.2) is 23.1 Å². The SMILES string of the molecule is COc1ccc(S(=O)(=O)NCCC(=O)NC2CCCCC2)cc1OC. The third-order valence-electron chi connectivity index (χ3n) is 4.28.